The number of nitrogens with two attached hydrogens (primary N) is 1. The van der Waals surface area contributed by atoms with E-state index < -0.39 is 0 Å². The number of aromatic nitrogens is 2. The predicted octanol–water partition coefficient (Wildman–Crippen LogP) is 0.0365. The van der Waals surface area contributed by atoms with Crippen molar-refractivity contribution in [2.24, 2.45) is 0 Å². The second-order valence-electron chi connectivity index (χ2n) is 4.06. The smallest absolute Gasteiger partial charge is 0.227 e. The summed E-state index contributed by atoms with van der Waals surface area (Å²) < 4.78 is 5.50. The maximum atomic E-state index is 8.69. The number of hydrogen-bond acceptors (Lipinski definition) is 6. The van der Waals surface area contributed by atoms with Crippen LogP contribution in [0.1, 0.15) is 12.8 Å². The van der Waals surface area contributed by atoms with Gasteiger partial charge in [-0.2, -0.15) is 4.98 Å². The van der Waals surface area contributed by atoms with Crippen LogP contribution in [0.5, 0.6) is 0 Å². The van der Waals surface area contributed by atoms with Gasteiger partial charge in [0.15, 0.2) is 0 Å². The highest BCUT2D eigenvalue weighted by Gasteiger charge is 2.21. The highest BCUT2D eigenvalue weighted by molar-refractivity contribution is 5.37. The van der Waals surface area contributed by atoms with Crippen molar-refractivity contribution in [2.75, 3.05) is 36.9 Å². The number of ether oxygens (including phenoxy) is 1. The van der Waals surface area contributed by atoms with E-state index in [0.717, 1.165) is 25.9 Å². The molecule has 0 spiro atoms. The molecule has 94 valence electrons. The summed E-state index contributed by atoms with van der Waals surface area (Å²) in [7, 11) is 0. The van der Waals surface area contributed by atoms with E-state index in [1.54, 1.807) is 12.3 Å². The molecule has 2 rings (SSSR count). The minimum absolute atomic E-state index is 0.0819. The lowest BCUT2D eigenvalue weighted by atomic mass is 10.1. The van der Waals surface area contributed by atoms with Crippen molar-refractivity contribution in [1.29, 1.82) is 0 Å². The van der Waals surface area contributed by atoms with E-state index in [0.29, 0.717) is 18.4 Å². The molecular formula is C11H18N4O2. The summed E-state index contributed by atoms with van der Waals surface area (Å²) in [5.74, 6) is 1.18. The van der Waals surface area contributed by atoms with Gasteiger partial charge >= 0.3 is 0 Å². The second-order valence-corrected chi connectivity index (χ2v) is 4.06. The zero-order chi connectivity index (χ0) is 12.1. The van der Waals surface area contributed by atoms with Crippen molar-refractivity contribution < 1.29 is 9.84 Å². The number of hydrogen-bond donors (Lipinski definition) is 2. The van der Waals surface area contributed by atoms with E-state index in [-0.39, 0.29) is 12.7 Å². The van der Waals surface area contributed by atoms with Crippen molar-refractivity contribution in [1.82, 2.24) is 9.97 Å². The Morgan fingerprint density at radius 2 is 2.24 bits per heavy atom. The minimum atomic E-state index is 0.0819. The van der Waals surface area contributed by atoms with Gasteiger partial charge in [-0.05, 0) is 18.9 Å². The molecule has 0 atom stereocenters. The zero-order valence-corrected chi connectivity index (χ0v) is 9.75. The molecule has 6 heteroatoms. The number of nitrogens with zero attached hydrogens (tertiary/aromatic N) is 3. The maximum absolute atomic E-state index is 8.69. The van der Waals surface area contributed by atoms with Gasteiger partial charge in [0.1, 0.15) is 5.82 Å². The molecule has 1 fully saturated rings. The molecule has 1 aromatic rings. The molecule has 1 aliphatic heterocycles. The summed E-state index contributed by atoms with van der Waals surface area (Å²) in [6.07, 6.45) is 3.77. The third-order valence-electron chi connectivity index (χ3n) is 2.83. The quantitative estimate of drug-likeness (QED) is 0.770. The van der Waals surface area contributed by atoms with Crippen LogP contribution in [0, 0.1) is 0 Å². The molecule has 2 heterocycles. The van der Waals surface area contributed by atoms with Gasteiger partial charge in [0.25, 0.3) is 0 Å². The molecule has 0 amide bonds. The van der Waals surface area contributed by atoms with Gasteiger partial charge in [-0.3, -0.25) is 0 Å². The van der Waals surface area contributed by atoms with Crippen molar-refractivity contribution in [3.8, 4) is 0 Å². The van der Waals surface area contributed by atoms with Crippen molar-refractivity contribution in [3.63, 3.8) is 0 Å². The summed E-state index contributed by atoms with van der Waals surface area (Å²) in [6, 6.07) is 1.68. The Balaban J connectivity index is 1.86. The lowest BCUT2D eigenvalue weighted by Crippen LogP contribution is -2.38. The number of piperidine rings is 1. The summed E-state index contributed by atoms with van der Waals surface area (Å²) in [4.78, 5) is 10.5. The fourth-order valence-corrected chi connectivity index (χ4v) is 1.96. The van der Waals surface area contributed by atoms with Crippen molar-refractivity contribution in [2.45, 2.75) is 18.9 Å². The van der Waals surface area contributed by atoms with Crippen LogP contribution in [-0.4, -0.2) is 47.5 Å². The molecular weight excluding hydrogens is 220 g/mol. The van der Waals surface area contributed by atoms with Crippen LogP contribution in [0.4, 0.5) is 11.8 Å². The Bertz CT molecular complexity index is 353. The van der Waals surface area contributed by atoms with Crippen LogP contribution in [0.3, 0.4) is 0 Å². The first-order chi connectivity index (χ1) is 8.29. The third kappa shape index (κ3) is 3.28. The van der Waals surface area contributed by atoms with Gasteiger partial charge in [-0.25, -0.2) is 4.98 Å². The Morgan fingerprint density at radius 1 is 1.47 bits per heavy atom. The van der Waals surface area contributed by atoms with Gasteiger partial charge in [0, 0.05) is 19.3 Å². The summed E-state index contributed by atoms with van der Waals surface area (Å²) >= 11 is 0. The first-order valence-corrected chi connectivity index (χ1v) is 5.85. The van der Waals surface area contributed by atoms with Crippen molar-refractivity contribution in [3.05, 3.63) is 12.3 Å². The Morgan fingerprint density at radius 3 is 2.88 bits per heavy atom. The highest BCUT2D eigenvalue weighted by Crippen LogP contribution is 2.18. The Kier molecular flexibility index (Phi) is 4.11. The topological polar surface area (TPSA) is 84.5 Å². The molecule has 0 bridgehead atoms. The second kappa shape index (κ2) is 5.79. The monoisotopic (exact) mass is 238 g/mol. The largest absolute Gasteiger partial charge is 0.394 e. The Hall–Kier alpha value is -1.40. The molecule has 0 radical (unpaired) electrons. The van der Waals surface area contributed by atoms with E-state index in [4.69, 9.17) is 15.6 Å². The van der Waals surface area contributed by atoms with Gasteiger partial charge < -0.3 is 20.5 Å². The maximum Gasteiger partial charge on any atom is 0.227 e. The first kappa shape index (κ1) is 12.1. The van der Waals surface area contributed by atoms with Crippen LogP contribution in [0.15, 0.2) is 12.3 Å². The lowest BCUT2D eigenvalue weighted by molar-refractivity contribution is 0.0157. The van der Waals surface area contributed by atoms with E-state index in [2.05, 4.69) is 14.9 Å². The lowest BCUT2D eigenvalue weighted by Gasteiger charge is -2.31. The predicted molar refractivity (Wildman–Crippen MR) is 64.7 cm³/mol. The summed E-state index contributed by atoms with van der Waals surface area (Å²) in [6.45, 7) is 2.22. The SMILES string of the molecule is Nc1ccnc(N2CCC(OCCO)CC2)n1. The summed E-state index contributed by atoms with van der Waals surface area (Å²) in [5.41, 5.74) is 5.63. The van der Waals surface area contributed by atoms with E-state index in [1.807, 2.05) is 0 Å². The number of rotatable bonds is 4. The molecule has 6 nitrogen and oxygen atoms in total. The normalized spacial score (nSPS) is 17.4. The van der Waals surface area contributed by atoms with Gasteiger partial charge in [-0.1, -0.05) is 0 Å². The van der Waals surface area contributed by atoms with E-state index in [1.165, 1.54) is 0 Å². The van der Waals surface area contributed by atoms with Crippen LogP contribution >= 0.6 is 0 Å². The van der Waals surface area contributed by atoms with Crippen LogP contribution in [-0.2, 0) is 4.74 Å². The van der Waals surface area contributed by atoms with Gasteiger partial charge in [0.2, 0.25) is 5.95 Å². The van der Waals surface area contributed by atoms with Crippen molar-refractivity contribution >= 4 is 11.8 Å². The molecule has 3 N–H and O–H groups in total. The molecule has 1 aliphatic rings. The fourth-order valence-electron chi connectivity index (χ4n) is 1.96. The molecule has 0 saturated carbocycles. The average Bonchev–Trinajstić information content (AvgIpc) is 2.37. The van der Waals surface area contributed by atoms with Crippen LogP contribution in [0.25, 0.3) is 0 Å². The van der Waals surface area contributed by atoms with Crippen LogP contribution < -0.4 is 10.6 Å². The molecule has 1 aromatic heterocycles. The average molecular weight is 238 g/mol. The fraction of sp³-hybridized carbons (Fsp3) is 0.636. The number of anilines is 2. The standard InChI is InChI=1S/C11H18N4O2/c12-10-1-4-13-11(14-10)15-5-2-9(3-6-15)17-8-7-16/h1,4,9,16H,2-3,5-8H2,(H2,12,13,14). The first-order valence-electron chi connectivity index (χ1n) is 5.85. The van der Waals surface area contributed by atoms with Crippen LogP contribution in [0.2, 0.25) is 0 Å². The molecule has 1 saturated heterocycles. The van der Waals surface area contributed by atoms with Gasteiger partial charge in [-0.15, -0.1) is 0 Å². The van der Waals surface area contributed by atoms with E-state index in [9.17, 15) is 0 Å². The number of aliphatic hydroxyl groups is 1. The Labute approximate surface area is 100 Å². The minimum Gasteiger partial charge on any atom is -0.394 e. The highest BCUT2D eigenvalue weighted by atomic mass is 16.5. The third-order valence-corrected chi connectivity index (χ3v) is 2.83. The number of nitrogen functional groups attached to an aromatic ring is 1. The molecule has 0 unspecified atom stereocenters. The summed E-state index contributed by atoms with van der Waals surface area (Å²) in [5, 5.41) is 8.69. The van der Waals surface area contributed by atoms with Gasteiger partial charge in [0.05, 0.1) is 19.3 Å². The number of aliphatic hydroxyl groups excluding tert-OH is 1. The zero-order valence-electron chi connectivity index (χ0n) is 9.75. The molecule has 17 heavy (non-hydrogen) atoms. The van der Waals surface area contributed by atoms with E-state index >= 15 is 0 Å². The molecule has 0 aliphatic carbocycles. The molecule has 0 aromatic carbocycles.